The first-order valence-corrected chi connectivity index (χ1v) is 8.91. The fraction of sp³-hybridized carbons (Fsp3) is 0.632. The Labute approximate surface area is 150 Å². The van der Waals surface area contributed by atoms with Crippen molar-refractivity contribution in [2.24, 2.45) is 4.99 Å². The SMILES string of the molecule is CN=C(NCCCOC1CCOC1)NCC(C)(C)c1ccc(F)cc1. The van der Waals surface area contributed by atoms with Gasteiger partial charge in [-0.05, 0) is 30.5 Å². The van der Waals surface area contributed by atoms with E-state index >= 15 is 0 Å². The standard InChI is InChI=1S/C19H30FN3O2/c1-19(2,15-5-7-16(20)8-6-15)14-23-18(21-3)22-10-4-11-25-17-9-12-24-13-17/h5-8,17H,4,9-14H2,1-3H3,(H2,21,22,23). The lowest BCUT2D eigenvalue weighted by Crippen LogP contribution is -2.43. The molecule has 0 bridgehead atoms. The Kier molecular flexibility index (Phi) is 7.65. The number of hydrogen-bond donors (Lipinski definition) is 2. The average molecular weight is 351 g/mol. The quantitative estimate of drug-likeness (QED) is 0.429. The van der Waals surface area contributed by atoms with Crippen LogP contribution in [0.3, 0.4) is 0 Å². The van der Waals surface area contributed by atoms with E-state index in [1.54, 1.807) is 7.05 Å². The number of nitrogens with zero attached hydrogens (tertiary/aromatic N) is 1. The van der Waals surface area contributed by atoms with Crippen LogP contribution < -0.4 is 10.6 Å². The van der Waals surface area contributed by atoms with Gasteiger partial charge in [0, 0.05) is 38.8 Å². The van der Waals surface area contributed by atoms with E-state index in [0.717, 1.165) is 50.7 Å². The zero-order valence-corrected chi connectivity index (χ0v) is 15.5. The average Bonchev–Trinajstić information content (AvgIpc) is 3.11. The third kappa shape index (κ3) is 6.63. The lowest BCUT2D eigenvalue weighted by Gasteiger charge is -2.26. The first-order chi connectivity index (χ1) is 12.0. The van der Waals surface area contributed by atoms with Crippen LogP contribution in [0.15, 0.2) is 29.3 Å². The number of aliphatic imine (C=N–C) groups is 1. The van der Waals surface area contributed by atoms with E-state index in [0.29, 0.717) is 6.54 Å². The minimum absolute atomic E-state index is 0.128. The van der Waals surface area contributed by atoms with Crippen LogP contribution in [0.4, 0.5) is 4.39 Å². The zero-order valence-electron chi connectivity index (χ0n) is 15.5. The van der Waals surface area contributed by atoms with Crippen LogP contribution in [0.5, 0.6) is 0 Å². The number of guanidine groups is 1. The van der Waals surface area contributed by atoms with Crippen LogP contribution in [0.2, 0.25) is 0 Å². The van der Waals surface area contributed by atoms with Crippen molar-refractivity contribution in [2.75, 3.05) is 40.0 Å². The molecule has 0 saturated carbocycles. The van der Waals surface area contributed by atoms with Gasteiger partial charge in [0.05, 0.1) is 12.7 Å². The van der Waals surface area contributed by atoms with Gasteiger partial charge in [-0.3, -0.25) is 4.99 Å². The van der Waals surface area contributed by atoms with Gasteiger partial charge in [-0.2, -0.15) is 0 Å². The fourth-order valence-electron chi connectivity index (χ4n) is 2.70. The molecular formula is C19H30FN3O2. The molecule has 2 rings (SSSR count). The summed E-state index contributed by atoms with van der Waals surface area (Å²) < 4.78 is 24.1. The first kappa shape index (κ1) is 19.7. The van der Waals surface area contributed by atoms with Crippen LogP contribution in [0.25, 0.3) is 0 Å². The van der Waals surface area contributed by atoms with Gasteiger partial charge < -0.3 is 20.1 Å². The molecule has 1 aliphatic rings. The highest BCUT2D eigenvalue weighted by atomic mass is 19.1. The highest BCUT2D eigenvalue weighted by molar-refractivity contribution is 5.79. The molecule has 5 nitrogen and oxygen atoms in total. The molecule has 140 valence electrons. The smallest absolute Gasteiger partial charge is 0.191 e. The summed E-state index contributed by atoms with van der Waals surface area (Å²) in [5, 5.41) is 6.63. The number of ether oxygens (including phenoxy) is 2. The molecule has 1 aromatic rings. The highest BCUT2D eigenvalue weighted by Gasteiger charge is 2.21. The van der Waals surface area contributed by atoms with Gasteiger partial charge in [-0.15, -0.1) is 0 Å². The number of halogens is 1. The molecule has 2 N–H and O–H groups in total. The van der Waals surface area contributed by atoms with Gasteiger partial charge in [0.1, 0.15) is 5.82 Å². The van der Waals surface area contributed by atoms with E-state index in [9.17, 15) is 4.39 Å². The molecule has 1 unspecified atom stereocenters. The summed E-state index contributed by atoms with van der Waals surface area (Å²) in [4.78, 5) is 4.25. The lowest BCUT2D eigenvalue weighted by molar-refractivity contribution is 0.0420. The van der Waals surface area contributed by atoms with E-state index in [1.165, 1.54) is 12.1 Å². The lowest BCUT2D eigenvalue weighted by atomic mass is 9.84. The van der Waals surface area contributed by atoms with Crippen molar-refractivity contribution in [3.8, 4) is 0 Å². The van der Waals surface area contributed by atoms with Gasteiger partial charge in [0.15, 0.2) is 5.96 Å². The summed E-state index contributed by atoms with van der Waals surface area (Å²) in [6, 6.07) is 6.66. The van der Waals surface area contributed by atoms with Crippen LogP contribution in [-0.2, 0) is 14.9 Å². The van der Waals surface area contributed by atoms with Gasteiger partial charge in [-0.25, -0.2) is 4.39 Å². The van der Waals surface area contributed by atoms with Crippen LogP contribution in [0, 0.1) is 5.82 Å². The molecule has 0 aromatic heterocycles. The Morgan fingerprint density at radius 3 is 2.72 bits per heavy atom. The normalized spacial score (nSPS) is 18.4. The van der Waals surface area contributed by atoms with E-state index in [4.69, 9.17) is 9.47 Å². The molecule has 0 amide bonds. The molecule has 0 radical (unpaired) electrons. The second-order valence-corrected chi connectivity index (χ2v) is 6.95. The molecule has 1 atom stereocenters. The van der Waals surface area contributed by atoms with Gasteiger partial charge in [0.2, 0.25) is 0 Å². The molecule has 1 fully saturated rings. The topological polar surface area (TPSA) is 54.9 Å². The summed E-state index contributed by atoms with van der Waals surface area (Å²) in [7, 11) is 1.76. The molecule has 6 heteroatoms. The van der Waals surface area contributed by atoms with Crippen molar-refractivity contribution >= 4 is 5.96 Å². The van der Waals surface area contributed by atoms with Crippen molar-refractivity contribution in [3.05, 3.63) is 35.6 Å². The van der Waals surface area contributed by atoms with Crippen molar-refractivity contribution < 1.29 is 13.9 Å². The molecule has 1 aromatic carbocycles. The predicted molar refractivity (Wildman–Crippen MR) is 98.6 cm³/mol. The largest absolute Gasteiger partial charge is 0.379 e. The summed E-state index contributed by atoms with van der Waals surface area (Å²) >= 11 is 0. The molecule has 0 spiro atoms. The maximum absolute atomic E-state index is 13.1. The third-order valence-electron chi connectivity index (χ3n) is 4.40. The van der Waals surface area contributed by atoms with E-state index in [1.807, 2.05) is 12.1 Å². The van der Waals surface area contributed by atoms with Crippen LogP contribution in [0.1, 0.15) is 32.3 Å². The molecule has 1 heterocycles. The highest BCUT2D eigenvalue weighted by Crippen LogP contribution is 2.22. The number of benzene rings is 1. The van der Waals surface area contributed by atoms with Crippen LogP contribution in [-0.4, -0.2) is 52.0 Å². The molecule has 0 aliphatic carbocycles. The number of hydrogen-bond acceptors (Lipinski definition) is 3. The third-order valence-corrected chi connectivity index (χ3v) is 4.40. The van der Waals surface area contributed by atoms with Crippen molar-refractivity contribution in [2.45, 2.75) is 38.2 Å². The summed E-state index contributed by atoms with van der Waals surface area (Å²) in [6.45, 7) is 7.99. The first-order valence-electron chi connectivity index (χ1n) is 8.91. The Hall–Kier alpha value is -1.66. The van der Waals surface area contributed by atoms with Gasteiger partial charge in [-0.1, -0.05) is 26.0 Å². The van der Waals surface area contributed by atoms with E-state index in [2.05, 4.69) is 29.5 Å². The molecular weight excluding hydrogens is 321 g/mol. The molecule has 1 saturated heterocycles. The fourth-order valence-corrected chi connectivity index (χ4v) is 2.70. The van der Waals surface area contributed by atoms with Crippen molar-refractivity contribution in [1.82, 2.24) is 10.6 Å². The monoisotopic (exact) mass is 351 g/mol. The summed E-state index contributed by atoms with van der Waals surface area (Å²) in [5.41, 5.74) is 0.959. The number of rotatable bonds is 8. The maximum Gasteiger partial charge on any atom is 0.191 e. The Bertz CT molecular complexity index is 540. The molecule has 1 aliphatic heterocycles. The zero-order chi connectivity index (χ0) is 18.1. The second kappa shape index (κ2) is 9.73. The van der Waals surface area contributed by atoms with Gasteiger partial charge >= 0.3 is 0 Å². The Morgan fingerprint density at radius 1 is 1.32 bits per heavy atom. The Morgan fingerprint density at radius 2 is 2.08 bits per heavy atom. The number of nitrogens with one attached hydrogen (secondary N) is 2. The van der Waals surface area contributed by atoms with E-state index in [-0.39, 0.29) is 17.3 Å². The molecule has 25 heavy (non-hydrogen) atoms. The summed E-state index contributed by atoms with van der Waals surface area (Å²) in [5.74, 6) is 0.552. The van der Waals surface area contributed by atoms with Crippen molar-refractivity contribution in [3.63, 3.8) is 0 Å². The van der Waals surface area contributed by atoms with Crippen molar-refractivity contribution in [1.29, 1.82) is 0 Å². The van der Waals surface area contributed by atoms with Crippen LogP contribution >= 0.6 is 0 Å². The minimum Gasteiger partial charge on any atom is -0.379 e. The van der Waals surface area contributed by atoms with Gasteiger partial charge in [0.25, 0.3) is 0 Å². The maximum atomic E-state index is 13.1. The van der Waals surface area contributed by atoms with E-state index < -0.39 is 0 Å². The minimum atomic E-state index is -0.212. The predicted octanol–water partition coefficient (Wildman–Crippen LogP) is 2.46. The Balaban J connectivity index is 1.67. The second-order valence-electron chi connectivity index (χ2n) is 6.95. The summed E-state index contributed by atoms with van der Waals surface area (Å²) in [6.07, 6.45) is 2.17.